The number of aliphatic hydroxyl groups excluding tert-OH is 1. The zero-order valence-electron chi connectivity index (χ0n) is 22.3. The highest BCUT2D eigenvalue weighted by molar-refractivity contribution is 7.22. The number of amides is 1. The first-order chi connectivity index (χ1) is 19.4. The number of thiazole rings is 1. The van der Waals surface area contributed by atoms with Crippen molar-refractivity contribution in [2.24, 2.45) is 0 Å². The molecule has 1 N–H and O–H groups in total. The Hall–Kier alpha value is -4.37. The van der Waals surface area contributed by atoms with Gasteiger partial charge in [0.15, 0.2) is 5.13 Å². The molecule has 2 aliphatic heterocycles. The predicted molar refractivity (Wildman–Crippen MR) is 153 cm³/mol. The SMILES string of the molecule is CCCOc1cccc([C@H]2/C(=C(\O)c3ccc4c(c3)C[C@H](C)O4)C(=O)C(=O)N2c2nc3ccc(OC)cc3s2)c1. The summed E-state index contributed by atoms with van der Waals surface area (Å²) in [4.78, 5) is 33.3. The van der Waals surface area contributed by atoms with Gasteiger partial charge in [-0.05, 0) is 73.0 Å². The van der Waals surface area contributed by atoms with Gasteiger partial charge in [0.1, 0.15) is 29.1 Å². The quantitative estimate of drug-likeness (QED) is 0.168. The molecule has 3 aromatic carbocycles. The first-order valence-corrected chi connectivity index (χ1v) is 14.0. The number of ketones is 1. The van der Waals surface area contributed by atoms with E-state index in [0.717, 1.165) is 22.4 Å². The van der Waals surface area contributed by atoms with Crippen LogP contribution in [0.25, 0.3) is 16.0 Å². The number of aliphatic hydroxyl groups is 1. The summed E-state index contributed by atoms with van der Waals surface area (Å²) in [6.45, 7) is 4.52. The van der Waals surface area contributed by atoms with E-state index in [4.69, 9.17) is 14.2 Å². The van der Waals surface area contributed by atoms with Crippen molar-refractivity contribution in [2.75, 3.05) is 18.6 Å². The molecule has 8 nitrogen and oxygen atoms in total. The van der Waals surface area contributed by atoms with Crippen molar-refractivity contribution in [3.05, 3.63) is 82.9 Å². The molecule has 0 spiro atoms. The second kappa shape index (κ2) is 10.3. The van der Waals surface area contributed by atoms with E-state index < -0.39 is 17.7 Å². The van der Waals surface area contributed by atoms with Gasteiger partial charge in [-0.3, -0.25) is 14.5 Å². The molecular formula is C31H28N2O6S. The molecule has 40 heavy (non-hydrogen) atoms. The van der Waals surface area contributed by atoms with E-state index in [1.165, 1.54) is 16.2 Å². The van der Waals surface area contributed by atoms with Crippen LogP contribution < -0.4 is 19.1 Å². The lowest BCUT2D eigenvalue weighted by molar-refractivity contribution is -0.132. The topological polar surface area (TPSA) is 98.2 Å². The number of methoxy groups -OCH3 is 1. The largest absolute Gasteiger partial charge is 0.507 e. The zero-order valence-corrected chi connectivity index (χ0v) is 23.2. The molecule has 0 aliphatic carbocycles. The van der Waals surface area contributed by atoms with E-state index in [1.807, 2.05) is 50.2 Å². The van der Waals surface area contributed by atoms with Crippen LogP contribution in [0.3, 0.4) is 0 Å². The van der Waals surface area contributed by atoms with Crippen molar-refractivity contribution in [1.29, 1.82) is 0 Å². The summed E-state index contributed by atoms with van der Waals surface area (Å²) in [6.07, 6.45) is 1.56. The van der Waals surface area contributed by atoms with Crippen molar-refractivity contribution in [3.63, 3.8) is 0 Å². The minimum atomic E-state index is -0.906. The number of hydrogen-bond acceptors (Lipinski definition) is 8. The van der Waals surface area contributed by atoms with Gasteiger partial charge in [-0.15, -0.1) is 0 Å². The third-order valence-corrected chi connectivity index (χ3v) is 8.07. The molecular weight excluding hydrogens is 528 g/mol. The molecule has 0 bridgehead atoms. The number of anilines is 1. The molecule has 9 heteroatoms. The standard InChI is InChI=1S/C31H28N2O6S/c1-4-12-38-22-7-5-6-18(15-22)27-26(28(34)19-8-11-24-20(14-19)13-17(2)39-24)29(35)30(36)33(27)31-32-23-10-9-21(37-3)16-25(23)40-31/h5-11,14-17,27,34H,4,12-13H2,1-3H3/b28-26+/t17-,27-/m0/s1. The van der Waals surface area contributed by atoms with Crippen LogP contribution in [-0.4, -0.2) is 41.6 Å². The number of aromatic nitrogens is 1. The lowest BCUT2D eigenvalue weighted by atomic mass is 9.94. The van der Waals surface area contributed by atoms with Crippen molar-refractivity contribution in [3.8, 4) is 17.2 Å². The Bertz CT molecular complexity index is 1680. The summed E-state index contributed by atoms with van der Waals surface area (Å²) in [5, 5.41) is 11.9. The van der Waals surface area contributed by atoms with Gasteiger partial charge in [0.05, 0.1) is 35.5 Å². The normalized spacial score (nSPS) is 19.6. The lowest BCUT2D eigenvalue weighted by Gasteiger charge is -2.23. The highest BCUT2D eigenvalue weighted by atomic mass is 32.1. The first-order valence-electron chi connectivity index (χ1n) is 13.2. The van der Waals surface area contributed by atoms with E-state index in [0.29, 0.717) is 46.3 Å². The smallest absolute Gasteiger partial charge is 0.301 e. The fourth-order valence-electron chi connectivity index (χ4n) is 5.19. The third kappa shape index (κ3) is 4.46. The monoisotopic (exact) mass is 556 g/mol. The molecule has 1 saturated heterocycles. The summed E-state index contributed by atoms with van der Waals surface area (Å²) < 4.78 is 17.8. The number of carbonyl (C=O) groups excluding carboxylic acids is 2. The van der Waals surface area contributed by atoms with Gasteiger partial charge in [0.25, 0.3) is 5.78 Å². The number of Topliss-reactive ketones (excluding diaryl/α,β-unsaturated/α-hetero) is 1. The molecule has 1 fully saturated rings. The average molecular weight is 557 g/mol. The van der Waals surface area contributed by atoms with Crippen LogP contribution in [0.5, 0.6) is 17.2 Å². The number of fused-ring (bicyclic) bond motifs is 2. The molecule has 6 rings (SSSR count). The van der Waals surface area contributed by atoms with Crippen LogP contribution in [0.15, 0.2) is 66.2 Å². The Morgan fingerprint density at radius 2 is 1.98 bits per heavy atom. The molecule has 1 amide bonds. The van der Waals surface area contributed by atoms with Gasteiger partial charge in [0, 0.05) is 12.0 Å². The van der Waals surface area contributed by atoms with Crippen LogP contribution in [0.4, 0.5) is 5.13 Å². The fraction of sp³-hybridized carbons (Fsp3) is 0.258. The highest BCUT2D eigenvalue weighted by Gasteiger charge is 2.48. The maximum atomic E-state index is 13.6. The molecule has 1 aromatic heterocycles. The second-order valence-electron chi connectivity index (χ2n) is 9.88. The Morgan fingerprint density at radius 3 is 2.77 bits per heavy atom. The minimum Gasteiger partial charge on any atom is -0.507 e. The number of benzene rings is 3. The van der Waals surface area contributed by atoms with Gasteiger partial charge in [-0.2, -0.15) is 0 Å². The molecule has 0 unspecified atom stereocenters. The van der Waals surface area contributed by atoms with E-state index >= 15 is 0 Å². The average Bonchev–Trinajstić information content (AvgIpc) is 3.63. The molecule has 3 heterocycles. The van der Waals surface area contributed by atoms with Crippen molar-refractivity contribution in [2.45, 2.75) is 38.8 Å². The number of carbonyl (C=O) groups is 2. The van der Waals surface area contributed by atoms with Crippen LogP contribution in [0.2, 0.25) is 0 Å². The van der Waals surface area contributed by atoms with Gasteiger partial charge in [-0.1, -0.05) is 30.4 Å². The van der Waals surface area contributed by atoms with E-state index in [2.05, 4.69) is 4.98 Å². The van der Waals surface area contributed by atoms with Gasteiger partial charge in [-0.25, -0.2) is 4.98 Å². The molecule has 4 aromatic rings. The Morgan fingerprint density at radius 1 is 1.12 bits per heavy atom. The van der Waals surface area contributed by atoms with Gasteiger partial charge >= 0.3 is 5.91 Å². The maximum Gasteiger partial charge on any atom is 0.301 e. The number of rotatable bonds is 7. The van der Waals surface area contributed by atoms with Crippen molar-refractivity contribution < 1.29 is 28.9 Å². The van der Waals surface area contributed by atoms with Gasteiger partial charge < -0.3 is 19.3 Å². The van der Waals surface area contributed by atoms with E-state index in [9.17, 15) is 14.7 Å². The summed E-state index contributed by atoms with van der Waals surface area (Å²) >= 11 is 1.28. The van der Waals surface area contributed by atoms with Crippen LogP contribution in [0, 0.1) is 0 Å². The number of ether oxygens (including phenoxy) is 3. The van der Waals surface area contributed by atoms with E-state index in [1.54, 1.807) is 31.4 Å². The molecule has 204 valence electrons. The zero-order chi connectivity index (χ0) is 28.0. The third-order valence-electron chi connectivity index (χ3n) is 7.05. The van der Waals surface area contributed by atoms with Crippen LogP contribution in [0.1, 0.15) is 43.0 Å². The van der Waals surface area contributed by atoms with Crippen molar-refractivity contribution >= 4 is 44.1 Å². The summed E-state index contributed by atoms with van der Waals surface area (Å²) in [5.74, 6) is 0.266. The summed E-state index contributed by atoms with van der Waals surface area (Å²) in [5.41, 5.74) is 2.70. The Kier molecular flexibility index (Phi) is 6.67. The minimum absolute atomic E-state index is 0.00129. The fourth-order valence-corrected chi connectivity index (χ4v) is 6.21. The Balaban J connectivity index is 1.51. The number of hydrogen-bond donors (Lipinski definition) is 1. The van der Waals surface area contributed by atoms with Crippen molar-refractivity contribution in [1.82, 2.24) is 4.98 Å². The van der Waals surface area contributed by atoms with Crippen LogP contribution >= 0.6 is 11.3 Å². The van der Waals surface area contributed by atoms with Gasteiger partial charge in [0.2, 0.25) is 0 Å². The molecule has 0 radical (unpaired) electrons. The predicted octanol–water partition coefficient (Wildman–Crippen LogP) is 6.04. The maximum absolute atomic E-state index is 13.6. The summed E-state index contributed by atoms with van der Waals surface area (Å²) in [6, 6.07) is 17.1. The number of nitrogens with zero attached hydrogens (tertiary/aromatic N) is 2. The summed E-state index contributed by atoms with van der Waals surface area (Å²) in [7, 11) is 1.58. The molecule has 2 atom stereocenters. The lowest BCUT2D eigenvalue weighted by Crippen LogP contribution is -2.29. The molecule has 0 saturated carbocycles. The Labute approximate surface area is 235 Å². The van der Waals surface area contributed by atoms with E-state index in [-0.39, 0.29) is 17.4 Å². The second-order valence-corrected chi connectivity index (χ2v) is 10.9. The first kappa shape index (κ1) is 25.9. The highest BCUT2D eigenvalue weighted by Crippen LogP contribution is 2.45. The van der Waals surface area contributed by atoms with Crippen LogP contribution in [-0.2, 0) is 16.0 Å². The molecule has 2 aliphatic rings.